The minimum atomic E-state index is -2.33. The Morgan fingerprint density at radius 2 is 1.29 bits per heavy atom. The molecule has 6 heteroatoms. The molecule has 1 radical (unpaired) electrons. The van der Waals surface area contributed by atoms with Gasteiger partial charge in [-0.05, 0) is 6.16 Å². The third-order valence-electron chi connectivity index (χ3n) is 0. The van der Waals surface area contributed by atoms with Crippen molar-refractivity contribution in [3.05, 3.63) is 0 Å². The van der Waals surface area contributed by atoms with Crippen molar-refractivity contribution in [1.29, 1.82) is 0 Å². The molecule has 0 aliphatic rings. The Hall–Kier alpha value is -0.316. The van der Waals surface area contributed by atoms with E-state index in [2.05, 4.69) is 0 Å². The van der Waals surface area contributed by atoms with Gasteiger partial charge in [-0.1, -0.05) is 0 Å². The molecule has 0 saturated carbocycles. The summed E-state index contributed by atoms with van der Waals surface area (Å²) in [7, 11) is 0. The predicted octanol–water partition coefficient (Wildman–Crippen LogP) is -3.45. The summed E-state index contributed by atoms with van der Waals surface area (Å²) in [6.07, 6.45) is -2.33. The van der Waals surface area contributed by atoms with E-state index < -0.39 is 6.16 Å². The van der Waals surface area contributed by atoms with Crippen LogP contribution in [-0.4, -0.2) is 17.1 Å². The summed E-state index contributed by atoms with van der Waals surface area (Å²) in [6.45, 7) is 0. The molecule has 0 atom stereocenters. The van der Waals surface area contributed by atoms with E-state index in [9.17, 15) is 0 Å². The van der Waals surface area contributed by atoms with Gasteiger partial charge in [0.2, 0.25) is 0 Å². The Morgan fingerprint density at radius 3 is 1.29 bits per heavy atom. The number of rotatable bonds is 0. The second-order valence-corrected chi connectivity index (χ2v) is 0.250. The van der Waals surface area contributed by atoms with E-state index in [1.54, 1.807) is 0 Å². The monoisotopic (exact) mass is 153 g/mol. The molecule has 0 heterocycles. The topological polar surface area (TPSA) is 125 Å². The van der Waals surface area contributed by atoms with Crippen LogP contribution in [0.3, 0.4) is 0 Å². The van der Waals surface area contributed by atoms with E-state index in [1.807, 2.05) is 0 Å². The quantitative estimate of drug-likeness (QED) is 0.336. The number of carbonyl (C=O) groups excluding carboxylic acids is 1. The summed E-state index contributed by atoms with van der Waals surface area (Å²) >= 11 is 0. The van der Waals surface area contributed by atoms with E-state index >= 15 is 0 Å². The van der Waals surface area contributed by atoms with Gasteiger partial charge in [-0.3, -0.25) is 0 Å². The van der Waals surface area contributed by atoms with Crippen molar-refractivity contribution < 1.29 is 42.5 Å². The first-order chi connectivity index (χ1) is 1.73. The number of carboxylic acid groups (broad SMARTS) is 2. The van der Waals surface area contributed by atoms with Crippen molar-refractivity contribution in [2.45, 2.75) is 0 Å². The van der Waals surface area contributed by atoms with E-state index in [0.29, 0.717) is 0 Å². The van der Waals surface area contributed by atoms with Crippen molar-refractivity contribution in [1.82, 2.24) is 0 Å². The van der Waals surface area contributed by atoms with Gasteiger partial charge in [0.1, 0.15) is 0 Å². The van der Waals surface area contributed by atoms with Crippen LogP contribution in [0.4, 0.5) is 4.79 Å². The number of hydrogen-bond acceptors (Lipinski definition) is 4. The Bertz CT molecular complexity index is 31.1. The smallest absolute Gasteiger partial charge is 0.870 e. The van der Waals surface area contributed by atoms with Crippen LogP contribution in [0.15, 0.2) is 0 Å². The Labute approximate surface area is 49.5 Å². The van der Waals surface area contributed by atoms with Gasteiger partial charge in [0.25, 0.3) is 0 Å². The first-order valence-electron chi connectivity index (χ1n) is 0.612. The molecule has 0 aliphatic carbocycles. The zero-order valence-electron chi connectivity index (χ0n) is 2.99. The molecule has 0 aromatic rings. The molecular weight excluding hydrogens is 151 g/mol. The van der Waals surface area contributed by atoms with E-state index in [1.165, 1.54) is 0 Å². The van der Waals surface area contributed by atoms with Gasteiger partial charge in [-0.15, -0.1) is 0 Å². The van der Waals surface area contributed by atoms with Crippen LogP contribution < -0.4 is 10.2 Å². The molecule has 0 aromatic carbocycles. The van der Waals surface area contributed by atoms with Gasteiger partial charge in [0.15, 0.2) is 0 Å². The summed E-state index contributed by atoms with van der Waals surface area (Å²) < 4.78 is 0. The van der Waals surface area contributed by atoms with Crippen LogP contribution in [0.1, 0.15) is 0 Å². The molecule has 0 saturated heterocycles. The average Bonchev–Trinajstić information content (AvgIpc) is 0.811. The van der Waals surface area contributed by atoms with Crippen LogP contribution >= 0.6 is 0 Å². The fourth-order valence-corrected chi connectivity index (χ4v) is 0. The van der Waals surface area contributed by atoms with Crippen molar-refractivity contribution >= 4 is 6.16 Å². The largest absolute Gasteiger partial charge is 3.00 e. The standard InChI is InChI=1S/CH2O3.Ni.2H2O/c2-1(3)4;;;/h(H2,2,3,4);;2*1H2/q;+3;;/p-3. The maximum atomic E-state index is 8.33. The fraction of sp³-hybridized carbons (Fsp3) is 0. The SMILES string of the molecule is O.O=C([O-])[O-].[Ni+3].[OH-]. The molecule has 7 heavy (non-hydrogen) atoms. The van der Waals surface area contributed by atoms with Gasteiger partial charge in [-0.2, -0.15) is 0 Å². The number of hydrogen-bond donors (Lipinski definition) is 0. The zero-order chi connectivity index (χ0) is 3.58. The molecule has 0 spiro atoms. The third-order valence-corrected chi connectivity index (χ3v) is 0. The molecule has 0 fully saturated rings. The summed E-state index contributed by atoms with van der Waals surface area (Å²) in [5, 5.41) is 16.7. The summed E-state index contributed by atoms with van der Waals surface area (Å²) in [6, 6.07) is 0. The van der Waals surface area contributed by atoms with Crippen LogP contribution in [-0.2, 0) is 16.5 Å². The second kappa shape index (κ2) is 17.3. The third kappa shape index (κ3) is 770. The minimum Gasteiger partial charge on any atom is -0.870 e. The Kier molecular flexibility index (Phi) is 74.1. The van der Waals surface area contributed by atoms with Crippen LogP contribution in [0.25, 0.3) is 0 Å². The van der Waals surface area contributed by atoms with E-state index in [-0.39, 0.29) is 27.4 Å². The molecule has 5 nitrogen and oxygen atoms in total. The van der Waals surface area contributed by atoms with Crippen LogP contribution in [0.5, 0.6) is 0 Å². The van der Waals surface area contributed by atoms with Gasteiger partial charge in [0.05, 0.1) is 0 Å². The van der Waals surface area contributed by atoms with Crippen molar-refractivity contribution in [2.24, 2.45) is 0 Å². The van der Waals surface area contributed by atoms with Crippen LogP contribution in [0.2, 0.25) is 0 Å². The van der Waals surface area contributed by atoms with Crippen LogP contribution in [0, 0.1) is 0 Å². The second-order valence-electron chi connectivity index (χ2n) is 0.250. The van der Waals surface area contributed by atoms with Crippen molar-refractivity contribution in [3.8, 4) is 0 Å². The normalized spacial score (nSPS) is 3.43. The maximum Gasteiger partial charge on any atom is 3.00 e. The first-order valence-corrected chi connectivity index (χ1v) is 0.612. The predicted molar refractivity (Wildman–Crippen MR) is 10.9 cm³/mol. The Morgan fingerprint density at radius 1 is 1.29 bits per heavy atom. The molecule has 0 amide bonds. The number of carbonyl (C=O) groups is 1. The van der Waals surface area contributed by atoms with Gasteiger partial charge >= 0.3 is 16.5 Å². The molecule has 0 unspecified atom stereocenters. The molecule has 0 aromatic heterocycles. The average molecular weight is 154 g/mol. The summed E-state index contributed by atoms with van der Waals surface area (Å²) in [4.78, 5) is 8.33. The van der Waals surface area contributed by atoms with Gasteiger partial charge in [-0.25, -0.2) is 0 Å². The molecule has 0 bridgehead atoms. The maximum absolute atomic E-state index is 8.33. The molecular formula is CH3NiO5. The van der Waals surface area contributed by atoms with E-state index in [0.717, 1.165) is 0 Å². The Balaban J connectivity index is -0.0000000150. The van der Waals surface area contributed by atoms with Gasteiger partial charge in [0, 0.05) is 0 Å². The van der Waals surface area contributed by atoms with Gasteiger partial charge < -0.3 is 26.0 Å². The molecule has 0 aliphatic heterocycles. The molecule has 47 valence electrons. The van der Waals surface area contributed by atoms with E-state index in [4.69, 9.17) is 15.0 Å². The minimum absolute atomic E-state index is 0. The molecule has 0 rings (SSSR count). The zero-order valence-corrected chi connectivity index (χ0v) is 3.98. The summed E-state index contributed by atoms with van der Waals surface area (Å²) in [5.74, 6) is 0. The van der Waals surface area contributed by atoms with Crippen molar-refractivity contribution in [2.75, 3.05) is 0 Å². The fourth-order valence-electron chi connectivity index (χ4n) is 0. The summed E-state index contributed by atoms with van der Waals surface area (Å²) in [5.41, 5.74) is 0. The van der Waals surface area contributed by atoms with Crippen molar-refractivity contribution in [3.63, 3.8) is 0 Å². The molecule has 3 N–H and O–H groups in total. The first kappa shape index (κ1) is 30.0.